The molecule has 1 aliphatic rings. The molecule has 0 saturated carbocycles. The molecule has 1 heterocycles. The molecule has 1 aromatic carbocycles. The van der Waals surface area contributed by atoms with E-state index in [0.717, 1.165) is 22.2 Å². The minimum absolute atomic E-state index is 0.314. The highest BCUT2D eigenvalue weighted by atomic mass is 79.9. The van der Waals surface area contributed by atoms with Crippen molar-refractivity contribution < 1.29 is 14.3 Å². The molecule has 0 radical (unpaired) electrons. The normalized spacial score (nSPS) is 17.2. The Morgan fingerprint density at radius 3 is 2.75 bits per heavy atom. The molecule has 1 aliphatic heterocycles. The van der Waals surface area contributed by atoms with Crippen LogP contribution in [0.4, 0.5) is 0 Å². The molecule has 5 nitrogen and oxygen atoms in total. The van der Waals surface area contributed by atoms with Crippen molar-refractivity contribution in [2.75, 3.05) is 13.7 Å². The number of benzene rings is 1. The number of carbonyl (C=O) groups is 1. The first-order chi connectivity index (χ1) is 11.5. The van der Waals surface area contributed by atoms with Gasteiger partial charge in [0.2, 0.25) is 0 Å². The summed E-state index contributed by atoms with van der Waals surface area (Å²) in [7, 11) is 1.60. The Morgan fingerprint density at radius 1 is 1.38 bits per heavy atom. The summed E-state index contributed by atoms with van der Waals surface area (Å²) in [6.45, 7) is 4.16. The zero-order valence-corrected chi connectivity index (χ0v) is 16.3. The molecule has 1 aromatic rings. The molecule has 0 spiro atoms. The minimum Gasteiger partial charge on any atom is -0.496 e. The molecule has 0 amide bonds. The Morgan fingerprint density at radius 2 is 2.12 bits per heavy atom. The lowest BCUT2D eigenvalue weighted by Gasteiger charge is -2.31. The van der Waals surface area contributed by atoms with E-state index in [2.05, 4.69) is 33.5 Å². The molecule has 0 fully saturated rings. The van der Waals surface area contributed by atoms with Crippen molar-refractivity contribution in [3.05, 3.63) is 39.5 Å². The van der Waals surface area contributed by atoms with Gasteiger partial charge in [0, 0.05) is 15.7 Å². The van der Waals surface area contributed by atoms with Gasteiger partial charge >= 0.3 is 5.97 Å². The number of halogens is 1. The van der Waals surface area contributed by atoms with Crippen LogP contribution in [0.3, 0.4) is 0 Å². The smallest absolute Gasteiger partial charge is 0.338 e. The highest BCUT2D eigenvalue weighted by Crippen LogP contribution is 2.36. The maximum Gasteiger partial charge on any atom is 0.338 e. The average molecular weight is 413 g/mol. The zero-order chi connectivity index (χ0) is 17.7. The number of nitrogens with one attached hydrogen (secondary N) is 2. The lowest BCUT2D eigenvalue weighted by molar-refractivity contribution is -0.139. The Kier molecular flexibility index (Phi) is 6.62. The van der Waals surface area contributed by atoms with Crippen LogP contribution in [0.25, 0.3) is 0 Å². The molecular formula is C17H21BrN2O3S. The first-order valence-electron chi connectivity index (χ1n) is 7.82. The van der Waals surface area contributed by atoms with E-state index in [9.17, 15) is 4.79 Å². The van der Waals surface area contributed by atoms with Crippen molar-refractivity contribution >= 4 is 39.2 Å². The molecule has 0 bridgehead atoms. The van der Waals surface area contributed by atoms with Crippen LogP contribution < -0.4 is 15.4 Å². The number of carbonyl (C=O) groups excluding carboxylic acids is 1. The topological polar surface area (TPSA) is 59.6 Å². The average Bonchev–Trinajstić information content (AvgIpc) is 2.54. The molecule has 1 atom stereocenters. The SMILES string of the molecule is CCCC1=C(C(=O)OCC)[C@@H](c2cc(Br)ccc2OC)NC(=S)N1. The van der Waals surface area contributed by atoms with Gasteiger partial charge in [-0.05, 0) is 43.8 Å². The van der Waals surface area contributed by atoms with Gasteiger partial charge in [0.05, 0.1) is 25.3 Å². The van der Waals surface area contributed by atoms with Crippen molar-refractivity contribution in [1.82, 2.24) is 10.6 Å². The Balaban J connectivity index is 2.59. The number of methoxy groups -OCH3 is 1. The number of hydrogen-bond acceptors (Lipinski definition) is 4. The van der Waals surface area contributed by atoms with E-state index >= 15 is 0 Å². The number of allylic oxidation sites excluding steroid dienone is 1. The second kappa shape index (κ2) is 8.48. The second-order valence-electron chi connectivity index (χ2n) is 5.28. The fourth-order valence-electron chi connectivity index (χ4n) is 2.68. The molecule has 24 heavy (non-hydrogen) atoms. The largest absolute Gasteiger partial charge is 0.496 e. The van der Waals surface area contributed by atoms with Crippen LogP contribution in [0.1, 0.15) is 38.3 Å². The fraction of sp³-hybridized carbons (Fsp3) is 0.412. The van der Waals surface area contributed by atoms with E-state index in [1.807, 2.05) is 18.2 Å². The summed E-state index contributed by atoms with van der Waals surface area (Å²) in [5, 5.41) is 6.76. The van der Waals surface area contributed by atoms with Crippen LogP contribution in [0, 0.1) is 0 Å². The molecule has 0 saturated heterocycles. The summed E-state index contributed by atoms with van der Waals surface area (Å²) in [6, 6.07) is 5.25. The zero-order valence-electron chi connectivity index (χ0n) is 13.9. The summed E-state index contributed by atoms with van der Waals surface area (Å²) in [6.07, 6.45) is 1.60. The third-order valence-corrected chi connectivity index (χ3v) is 4.36. The van der Waals surface area contributed by atoms with Crippen LogP contribution in [0.2, 0.25) is 0 Å². The van der Waals surface area contributed by atoms with Gasteiger partial charge in [-0.15, -0.1) is 0 Å². The van der Waals surface area contributed by atoms with Crippen molar-refractivity contribution in [3.63, 3.8) is 0 Å². The Bertz CT molecular complexity index is 676. The molecule has 2 N–H and O–H groups in total. The van der Waals surface area contributed by atoms with E-state index in [4.69, 9.17) is 21.7 Å². The number of hydrogen-bond donors (Lipinski definition) is 2. The van der Waals surface area contributed by atoms with Crippen LogP contribution in [-0.4, -0.2) is 24.8 Å². The summed E-state index contributed by atoms with van der Waals surface area (Å²) in [5.74, 6) is 0.327. The molecule has 0 unspecified atom stereocenters. The summed E-state index contributed by atoms with van der Waals surface area (Å²) in [5.41, 5.74) is 2.17. The minimum atomic E-state index is -0.424. The molecule has 0 aromatic heterocycles. The standard InChI is InChI=1S/C17H21BrN2O3S/c1-4-6-12-14(16(21)23-5-2)15(20-17(24)19-12)11-9-10(18)7-8-13(11)22-3/h7-9,15H,4-6H2,1-3H3,(H2,19,20,24)/t15-/m1/s1. The molecular weight excluding hydrogens is 392 g/mol. The van der Waals surface area contributed by atoms with Crippen LogP contribution in [0.15, 0.2) is 33.9 Å². The molecule has 7 heteroatoms. The first-order valence-corrected chi connectivity index (χ1v) is 9.03. The Labute approximate surface area is 155 Å². The first kappa shape index (κ1) is 18.7. The lowest BCUT2D eigenvalue weighted by Crippen LogP contribution is -2.45. The van der Waals surface area contributed by atoms with Crippen molar-refractivity contribution in [1.29, 1.82) is 0 Å². The van der Waals surface area contributed by atoms with Gasteiger partial charge in [0.15, 0.2) is 5.11 Å². The number of ether oxygens (including phenoxy) is 2. The van der Waals surface area contributed by atoms with E-state index in [1.54, 1.807) is 14.0 Å². The highest BCUT2D eigenvalue weighted by molar-refractivity contribution is 9.10. The lowest BCUT2D eigenvalue weighted by atomic mass is 9.93. The van der Waals surface area contributed by atoms with Gasteiger partial charge in [-0.2, -0.15) is 0 Å². The van der Waals surface area contributed by atoms with Crippen LogP contribution in [0.5, 0.6) is 5.75 Å². The van der Waals surface area contributed by atoms with E-state index in [1.165, 1.54) is 0 Å². The van der Waals surface area contributed by atoms with Gasteiger partial charge in [-0.3, -0.25) is 0 Å². The van der Waals surface area contributed by atoms with Crippen LogP contribution in [-0.2, 0) is 9.53 Å². The number of rotatable bonds is 6. The third-order valence-electron chi connectivity index (χ3n) is 3.65. The molecule has 2 rings (SSSR count). The summed E-state index contributed by atoms with van der Waals surface area (Å²) >= 11 is 8.81. The summed E-state index contributed by atoms with van der Waals surface area (Å²) in [4.78, 5) is 12.6. The monoisotopic (exact) mass is 412 g/mol. The van der Waals surface area contributed by atoms with Gasteiger partial charge in [0.25, 0.3) is 0 Å². The predicted octanol–water partition coefficient (Wildman–Crippen LogP) is 3.59. The molecule has 0 aliphatic carbocycles. The molecule has 130 valence electrons. The maximum atomic E-state index is 12.6. The van der Waals surface area contributed by atoms with E-state index in [0.29, 0.717) is 29.5 Å². The van der Waals surface area contributed by atoms with Gasteiger partial charge in [0.1, 0.15) is 5.75 Å². The highest BCUT2D eigenvalue weighted by Gasteiger charge is 2.33. The van der Waals surface area contributed by atoms with Crippen molar-refractivity contribution in [2.45, 2.75) is 32.7 Å². The van der Waals surface area contributed by atoms with E-state index in [-0.39, 0.29) is 5.97 Å². The summed E-state index contributed by atoms with van der Waals surface area (Å²) < 4.78 is 11.6. The quantitative estimate of drug-likeness (QED) is 0.549. The maximum absolute atomic E-state index is 12.6. The van der Waals surface area contributed by atoms with Gasteiger partial charge in [-0.1, -0.05) is 29.3 Å². The second-order valence-corrected chi connectivity index (χ2v) is 6.60. The van der Waals surface area contributed by atoms with Crippen LogP contribution >= 0.6 is 28.1 Å². The van der Waals surface area contributed by atoms with Gasteiger partial charge < -0.3 is 20.1 Å². The van der Waals surface area contributed by atoms with E-state index < -0.39 is 6.04 Å². The number of thiocarbonyl (C=S) groups is 1. The van der Waals surface area contributed by atoms with Crippen molar-refractivity contribution in [2.24, 2.45) is 0 Å². The number of esters is 1. The fourth-order valence-corrected chi connectivity index (χ4v) is 3.30. The predicted molar refractivity (Wildman–Crippen MR) is 101 cm³/mol. The van der Waals surface area contributed by atoms with Gasteiger partial charge in [-0.25, -0.2) is 4.79 Å². The van der Waals surface area contributed by atoms with Crippen molar-refractivity contribution in [3.8, 4) is 5.75 Å². The third kappa shape index (κ3) is 4.08. The Hall–Kier alpha value is -1.60.